The molecule has 0 heterocycles. The summed E-state index contributed by atoms with van der Waals surface area (Å²) in [5, 5.41) is 9.16. The van der Waals surface area contributed by atoms with Gasteiger partial charge in [-0.1, -0.05) is 11.6 Å². The van der Waals surface area contributed by atoms with Crippen LogP contribution in [0.1, 0.15) is 12.5 Å². The topological polar surface area (TPSA) is 46.5 Å². The quantitative estimate of drug-likeness (QED) is 0.841. The van der Waals surface area contributed by atoms with Gasteiger partial charge in [0.05, 0.1) is 0 Å². The van der Waals surface area contributed by atoms with Gasteiger partial charge in [-0.05, 0) is 37.6 Å². The van der Waals surface area contributed by atoms with Crippen LogP contribution in [0.25, 0.3) is 0 Å². The van der Waals surface area contributed by atoms with Crippen molar-refractivity contribution in [2.75, 3.05) is 0 Å². The lowest BCUT2D eigenvalue weighted by atomic mass is 10.2. The molecule has 1 rings (SSSR count). The molecule has 0 amide bonds. The van der Waals surface area contributed by atoms with Crippen LogP contribution in [0, 0.1) is 6.92 Å². The van der Waals surface area contributed by atoms with E-state index in [1.165, 1.54) is 6.92 Å². The number of ether oxygens (including phenoxy) is 1. The minimum absolute atomic E-state index is 0.477. The van der Waals surface area contributed by atoms with E-state index in [0.717, 1.165) is 5.56 Å². The van der Waals surface area contributed by atoms with E-state index in [2.05, 4.69) is 0 Å². The first-order valence-corrected chi connectivity index (χ1v) is 4.53. The zero-order valence-electron chi connectivity index (χ0n) is 7.95. The number of benzene rings is 1. The highest BCUT2D eigenvalue weighted by Crippen LogP contribution is 2.21. The van der Waals surface area contributed by atoms with Crippen LogP contribution in [0.4, 0.5) is 0 Å². The Morgan fingerprint density at radius 3 is 2.64 bits per heavy atom. The van der Waals surface area contributed by atoms with Gasteiger partial charge in [0.1, 0.15) is 5.75 Å². The maximum absolute atomic E-state index is 10.5. The number of aryl methyl sites for hydroxylation is 1. The summed E-state index contributed by atoms with van der Waals surface area (Å²) < 4.78 is 5.15. The lowest BCUT2D eigenvalue weighted by molar-refractivity contribution is -0.144. The number of rotatable bonds is 3. The van der Waals surface area contributed by atoms with Crippen molar-refractivity contribution in [1.29, 1.82) is 0 Å². The summed E-state index contributed by atoms with van der Waals surface area (Å²) in [7, 11) is 0. The molecule has 14 heavy (non-hydrogen) atoms. The number of hydrogen-bond acceptors (Lipinski definition) is 2. The Morgan fingerprint density at radius 1 is 1.50 bits per heavy atom. The molecule has 0 bridgehead atoms. The third kappa shape index (κ3) is 2.92. The second kappa shape index (κ2) is 4.33. The molecule has 0 saturated carbocycles. The number of halogens is 1. The second-order valence-corrected chi connectivity index (χ2v) is 3.50. The smallest absolute Gasteiger partial charge is 0.344 e. The van der Waals surface area contributed by atoms with E-state index in [1.54, 1.807) is 18.2 Å². The van der Waals surface area contributed by atoms with Crippen molar-refractivity contribution < 1.29 is 14.6 Å². The first-order chi connectivity index (χ1) is 6.49. The first-order valence-electron chi connectivity index (χ1n) is 4.15. The molecule has 0 aliphatic rings. The zero-order chi connectivity index (χ0) is 10.7. The van der Waals surface area contributed by atoms with E-state index in [4.69, 9.17) is 21.4 Å². The van der Waals surface area contributed by atoms with Gasteiger partial charge in [-0.2, -0.15) is 0 Å². The highest BCUT2D eigenvalue weighted by atomic mass is 35.5. The molecule has 1 aromatic rings. The molecule has 0 radical (unpaired) electrons. The van der Waals surface area contributed by atoms with E-state index in [1.807, 2.05) is 6.92 Å². The molecule has 1 atom stereocenters. The summed E-state index contributed by atoms with van der Waals surface area (Å²) in [5.74, 6) is -0.521. The maximum Gasteiger partial charge on any atom is 0.344 e. The average Bonchev–Trinajstić information content (AvgIpc) is 2.01. The lowest BCUT2D eigenvalue weighted by Gasteiger charge is -2.10. The van der Waals surface area contributed by atoms with Crippen molar-refractivity contribution in [2.45, 2.75) is 20.0 Å². The van der Waals surface area contributed by atoms with Crippen molar-refractivity contribution in [3.8, 4) is 5.75 Å². The molecular weight excluding hydrogens is 204 g/mol. The summed E-state index contributed by atoms with van der Waals surface area (Å²) in [6.07, 6.45) is -0.868. The Hall–Kier alpha value is -1.22. The average molecular weight is 215 g/mol. The standard InChI is InChI=1S/C10H11ClO3/c1-6-3-8(11)5-9(4-6)14-7(2)10(12)13/h3-5,7H,1-2H3,(H,12,13). The maximum atomic E-state index is 10.5. The SMILES string of the molecule is Cc1cc(Cl)cc(OC(C)C(=O)O)c1. The Morgan fingerprint density at radius 2 is 2.14 bits per heavy atom. The van der Waals surface area contributed by atoms with Gasteiger partial charge in [-0.3, -0.25) is 0 Å². The molecule has 0 saturated heterocycles. The molecule has 0 aliphatic carbocycles. The zero-order valence-corrected chi connectivity index (χ0v) is 8.71. The Balaban J connectivity index is 2.81. The summed E-state index contributed by atoms with van der Waals surface area (Å²) in [6.45, 7) is 3.34. The minimum Gasteiger partial charge on any atom is -0.479 e. The third-order valence-electron chi connectivity index (χ3n) is 1.68. The summed E-state index contributed by atoms with van der Waals surface area (Å²) in [5.41, 5.74) is 0.935. The van der Waals surface area contributed by atoms with Crippen molar-refractivity contribution >= 4 is 17.6 Å². The molecule has 1 unspecified atom stereocenters. The molecule has 0 aromatic heterocycles. The number of carboxylic acid groups (broad SMARTS) is 1. The van der Waals surface area contributed by atoms with Crippen LogP contribution in [0.15, 0.2) is 18.2 Å². The molecule has 1 aromatic carbocycles. The number of aliphatic carboxylic acids is 1. The summed E-state index contributed by atoms with van der Waals surface area (Å²) in [4.78, 5) is 10.5. The van der Waals surface area contributed by atoms with Crippen LogP contribution in [-0.4, -0.2) is 17.2 Å². The van der Waals surface area contributed by atoms with Crippen molar-refractivity contribution in [1.82, 2.24) is 0 Å². The van der Waals surface area contributed by atoms with Crippen LogP contribution in [0.3, 0.4) is 0 Å². The van der Waals surface area contributed by atoms with E-state index >= 15 is 0 Å². The van der Waals surface area contributed by atoms with Gasteiger partial charge >= 0.3 is 5.97 Å². The van der Waals surface area contributed by atoms with Gasteiger partial charge in [-0.25, -0.2) is 4.79 Å². The Bertz CT molecular complexity index is 329. The number of carbonyl (C=O) groups is 1. The highest BCUT2D eigenvalue weighted by Gasteiger charge is 2.12. The minimum atomic E-state index is -0.998. The van der Waals surface area contributed by atoms with Crippen molar-refractivity contribution in [2.24, 2.45) is 0 Å². The van der Waals surface area contributed by atoms with Crippen molar-refractivity contribution in [3.63, 3.8) is 0 Å². The van der Waals surface area contributed by atoms with Crippen LogP contribution >= 0.6 is 11.6 Å². The van der Waals surface area contributed by atoms with Crippen LogP contribution in [-0.2, 0) is 4.79 Å². The highest BCUT2D eigenvalue weighted by molar-refractivity contribution is 6.30. The van der Waals surface area contributed by atoms with Crippen LogP contribution < -0.4 is 4.74 Å². The van der Waals surface area contributed by atoms with Gasteiger partial charge < -0.3 is 9.84 Å². The predicted molar refractivity (Wildman–Crippen MR) is 53.9 cm³/mol. The Kier molecular flexibility index (Phi) is 3.36. The first kappa shape index (κ1) is 10.9. The fraction of sp³-hybridized carbons (Fsp3) is 0.300. The summed E-state index contributed by atoms with van der Waals surface area (Å²) in [6, 6.07) is 5.11. The molecule has 3 nitrogen and oxygen atoms in total. The van der Waals surface area contributed by atoms with Gasteiger partial charge in [0.2, 0.25) is 0 Å². The molecular formula is C10H11ClO3. The van der Waals surface area contributed by atoms with Gasteiger partial charge in [0.15, 0.2) is 6.10 Å². The fourth-order valence-electron chi connectivity index (χ4n) is 1.03. The van der Waals surface area contributed by atoms with E-state index in [9.17, 15) is 4.79 Å². The molecule has 76 valence electrons. The van der Waals surface area contributed by atoms with Crippen LogP contribution in [0.2, 0.25) is 5.02 Å². The predicted octanol–water partition coefficient (Wildman–Crippen LogP) is 2.50. The van der Waals surface area contributed by atoms with Crippen LogP contribution in [0.5, 0.6) is 5.75 Å². The molecule has 0 fully saturated rings. The van der Waals surface area contributed by atoms with E-state index in [0.29, 0.717) is 10.8 Å². The molecule has 0 aliphatic heterocycles. The third-order valence-corrected chi connectivity index (χ3v) is 1.89. The van der Waals surface area contributed by atoms with Crippen molar-refractivity contribution in [3.05, 3.63) is 28.8 Å². The van der Waals surface area contributed by atoms with Gasteiger partial charge in [0.25, 0.3) is 0 Å². The second-order valence-electron chi connectivity index (χ2n) is 3.06. The van der Waals surface area contributed by atoms with E-state index < -0.39 is 12.1 Å². The number of carboxylic acids is 1. The molecule has 4 heteroatoms. The fourth-order valence-corrected chi connectivity index (χ4v) is 1.31. The lowest BCUT2D eigenvalue weighted by Crippen LogP contribution is -2.22. The molecule has 1 N–H and O–H groups in total. The summed E-state index contributed by atoms with van der Waals surface area (Å²) >= 11 is 5.79. The van der Waals surface area contributed by atoms with E-state index in [-0.39, 0.29) is 0 Å². The van der Waals surface area contributed by atoms with Gasteiger partial charge in [-0.15, -0.1) is 0 Å². The monoisotopic (exact) mass is 214 g/mol. The number of hydrogen-bond donors (Lipinski definition) is 1. The Labute approximate surface area is 87.3 Å². The normalized spacial score (nSPS) is 12.2. The van der Waals surface area contributed by atoms with Gasteiger partial charge in [0, 0.05) is 5.02 Å². The molecule has 0 spiro atoms. The largest absolute Gasteiger partial charge is 0.479 e.